The summed E-state index contributed by atoms with van der Waals surface area (Å²) >= 11 is 5.88. The number of hydrogen-bond donors (Lipinski definition) is 2. The molecular weight excluding hydrogens is 356 g/mol. The largest absolute Gasteiger partial charge is 0.403 e. The monoisotopic (exact) mass is 376 g/mol. The molecule has 2 aromatic rings. The van der Waals surface area contributed by atoms with Gasteiger partial charge in [-0.2, -0.15) is 0 Å². The molecule has 0 unspecified atom stereocenters. The highest BCUT2D eigenvalue weighted by Gasteiger charge is 2.49. The molecule has 0 radical (unpaired) electrons. The Morgan fingerprint density at radius 1 is 1.31 bits per heavy atom. The normalized spacial score (nSPS) is 20.2. The Balaban J connectivity index is 1.47. The lowest BCUT2D eigenvalue weighted by molar-refractivity contribution is -0.133. The Hall–Kier alpha value is -2.12. The number of aliphatic hydroxyl groups is 1. The van der Waals surface area contributed by atoms with Gasteiger partial charge in [0.25, 0.3) is 0 Å². The lowest BCUT2D eigenvalue weighted by atomic mass is 10.1. The van der Waals surface area contributed by atoms with E-state index in [1.165, 1.54) is 12.8 Å². The minimum atomic E-state index is -0.885. The molecule has 1 aromatic carbocycles. The van der Waals surface area contributed by atoms with Crippen molar-refractivity contribution >= 4 is 23.5 Å². The zero-order valence-electron chi connectivity index (χ0n) is 14.5. The summed E-state index contributed by atoms with van der Waals surface area (Å²) in [6, 6.07) is 6.30. The van der Waals surface area contributed by atoms with E-state index in [1.54, 1.807) is 31.2 Å². The zero-order valence-corrected chi connectivity index (χ0v) is 15.2. The van der Waals surface area contributed by atoms with Gasteiger partial charge in [-0.05, 0) is 55.9 Å². The van der Waals surface area contributed by atoms with E-state index in [0.29, 0.717) is 16.3 Å². The summed E-state index contributed by atoms with van der Waals surface area (Å²) in [7, 11) is 0. The predicted molar refractivity (Wildman–Crippen MR) is 96.7 cm³/mol. The van der Waals surface area contributed by atoms with Crippen LogP contribution in [0.25, 0.3) is 11.5 Å². The standard InChI is InChI=1S/C18H21ClN4O3/c1-11(24)14(16(25)23-9-8-18(10-23)6-7-18)20-17-22-21-15(26-17)12-2-4-13(19)5-3-12/h2-5,11,14,24H,6-10H2,1H3,(H,20,22)/t11-,14-/m1/s1. The third kappa shape index (κ3) is 3.41. The highest BCUT2D eigenvalue weighted by atomic mass is 35.5. The first-order valence-electron chi connectivity index (χ1n) is 8.79. The SMILES string of the molecule is C[C@@H](O)[C@@H](Nc1nnc(-c2ccc(Cl)cc2)o1)C(=O)N1CCC2(CC2)C1. The molecule has 2 fully saturated rings. The number of aliphatic hydroxyl groups excluding tert-OH is 1. The minimum absolute atomic E-state index is 0.106. The molecule has 2 atom stereocenters. The van der Waals surface area contributed by atoms with Crippen molar-refractivity contribution in [3.63, 3.8) is 0 Å². The number of nitrogens with one attached hydrogen (secondary N) is 1. The van der Waals surface area contributed by atoms with Crippen LogP contribution in [0.1, 0.15) is 26.2 Å². The predicted octanol–water partition coefficient (Wildman–Crippen LogP) is 2.56. The number of hydrogen-bond acceptors (Lipinski definition) is 6. The zero-order chi connectivity index (χ0) is 18.3. The second kappa shape index (κ2) is 6.55. The molecule has 0 bridgehead atoms. The van der Waals surface area contributed by atoms with E-state index < -0.39 is 12.1 Å². The summed E-state index contributed by atoms with van der Waals surface area (Å²) in [4.78, 5) is 14.6. The quantitative estimate of drug-likeness (QED) is 0.833. The van der Waals surface area contributed by atoms with E-state index in [2.05, 4.69) is 15.5 Å². The van der Waals surface area contributed by atoms with Gasteiger partial charge in [0, 0.05) is 23.7 Å². The number of carbonyl (C=O) groups is 1. The van der Waals surface area contributed by atoms with E-state index in [4.69, 9.17) is 16.0 Å². The number of nitrogens with zero attached hydrogens (tertiary/aromatic N) is 3. The van der Waals surface area contributed by atoms with E-state index >= 15 is 0 Å². The molecule has 2 aliphatic rings. The Labute approximate surface area is 156 Å². The van der Waals surface area contributed by atoms with Crippen molar-refractivity contribution in [2.75, 3.05) is 18.4 Å². The smallest absolute Gasteiger partial charge is 0.316 e. The lowest BCUT2D eigenvalue weighted by Crippen LogP contribution is -2.47. The van der Waals surface area contributed by atoms with Gasteiger partial charge in [-0.15, -0.1) is 5.10 Å². The fourth-order valence-electron chi connectivity index (χ4n) is 3.42. The molecule has 1 aliphatic heterocycles. The van der Waals surface area contributed by atoms with Crippen molar-refractivity contribution in [3.8, 4) is 11.5 Å². The topological polar surface area (TPSA) is 91.5 Å². The van der Waals surface area contributed by atoms with Crippen molar-refractivity contribution in [2.45, 2.75) is 38.3 Å². The fraction of sp³-hybridized carbons (Fsp3) is 0.500. The average molecular weight is 377 g/mol. The first-order valence-corrected chi connectivity index (χ1v) is 9.16. The van der Waals surface area contributed by atoms with Crippen molar-refractivity contribution in [1.82, 2.24) is 15.1 Å². The van der Waals surface area contributed by atoms with Gasteiger partial charge in [-0.25, -0.2) is 0 Å². The molecule has 1 aromatic heterocycles. The van der Waals surface area contributed by atoms with Crippen LogP contribution in [0.4, 0.5) is 6.01 Å². The van der Waals surface area contributed by atoms with Crippen LogP contribution in [0.5, 0.6) is 0 Å². The van der Waals surface area contributed by atoms with Gasteiger partial charge >= 0.3 is 6.01 Å². The molecule has 1 amide bonds. The summed E-state index contributed by atoms with van der Waals surface area (Å²) in [5.41, 5.74) is 1.07. The van der Waals surface area contributed by atoms with Gasteiger partial charge in [0.2, 0.25) is 11.8 Å². The Morgan fingerprint density at radius 2 is 2.04 bits per heavy atom. The summed E-state index contributed by atoms with van der Waals surface area (Å²) in [6.07, 6.45) is 2.55. The van der Waals surface area contributed by atoms with Crippen LogP contribution in [0, 0.1) is 5.41 Å². The summed E-state index contributed by atoms with van der Waals surface area (Å²) in [5, 5.41) is 21.5. The molecule has 1 saturated heterocycles. The molecule has 26 heavy (non-hydrogen) atoms. The first kappa shape index (κ1) is 17.3. The summed E-state index contributed by atoms with van der Waals surface area (Å²) < 4.78 is 5.60. The average Bonchev–Trinajstić information content (AvgIpc) is 3.03. The summed E-state index contributed by atoms with van der Waals surface area (Å²) in [6.45, 7) is 3.09. The van der Waals surface area contributed by atoms with Crippen LogP contribution < -0.4 is 5.32 Å². The third-order valence-corrected chi connectivity index (χ3v) is 5.50. The molecule has 1 spiro atoms. The molecule has 7 nitrogen and oxygen atoms in total. The number of halogens is 1. The maximum atomic E-state index is 12.8. The molecule has 1 saturated carbocycles. The fourth-order valence-corrected chi connectivity index (χ4v) is 3.54. The highest BCUT2D eigenvalue weighted by molar-refractivity contribution is 6.30. The number of rotatable bonds is 5. The number of anilines is 1. The van der Waals surface area contributed by atoms with Crippen LogP contribution in [-0.4, -0.2) is 51.3 Å². The molecule has 2 heterocycles. The highest BCUT2D eigenvalue weighted by Crippen LogP contribution is 2.52. The van der Waals surface area contributed by atoms with Crippen LogP contribution in [-0.2, 0) is 4.79 Å². The third-order valence-electron chi connectivity index (χ3n) is 5.25. The number of carbonyl (C=O) groups excluding carboxylic acids is 1. The van der Waals surface area contributed by atoms with Crippen LogP contribution in [0.15, 0.2) is 28.7 Å². The van der Waals surface area contributed by atoms with E-state index in [0.717, 1.165) is 25.1 Å². The number of aromatic nitrogens is 2. The molecule has 8 heteroatoms. The molecule has 4 rings (SSSR count). The molecular formula is C18H21ClN4O3. The molecule has 138 valence electrons. The first-order chi connectivity index (χ1) is 12.5. The van der Waals surface area contributed by atoms with Gasteiger partial charge in [-0.3, -0.25) is 4.79 Å². The van der Waals surface area contributed by atoms with Crippen molar-refractivity contribution in [2.24, 2.45) is 5.41 Å². The Kier molecular flexibility index (Phi) is 4.36. The van der Waals surface area contributed by atoms with Gasteiger partial charge in [-0.1, -0.05) is 16.7 Å². The maximum Gasteiger partial charge on any atom is 0.316 e. The van der Waals surface area contributed by atoms with Crippen molar-refractivity contribution in [3.05, 3.63) is 29.3 Å². The van der Waals surface area contributed by atoms with Crippen LogP contribution in [0.3, 0.4) is 0 Å². The van der Waals surface area contributed by atoms with Gasteiger partial charge in [0.05, 0.1) is 6.10 Å². The van der Waals surface area contributed by atoms with E-state index in [1.807, 2.05) is 4.90 Å². The van der Waals surface area contributed by atoms with Crippen LogP contribution >= 0.6 is 11.6 Å². The van der Waals surface area contributed by atoms with Gasteiger partial charge in [0.1, 0.15) is 6.04 Å². The number of benzene rings is 1. The summed E-state index contributed by atoms with van der Waals surface area (Å²) in [5.74, 6) is 0.189. The van der Waals surface area contributed by atoms with E-state index in [9.17, 15) is 9.90 Å². The van der Waals surface area contributed by atoms with E-state index in [-0.39, 0.29) is 11.9 Å². The number of likely N-dealkylation sites (tertiary alicyclic amines) is 1. The Morgan fingerprint density at radius 3 is 2.65 bits per heavy atom. The van der Waals surface area contributed by atoms with Crippen molar-refractivity contribution < 1.29 is 14.3 Å². The molecule has 1 aliphatic carbocycles. The molecule has 2 N–H and O–H groups in total. The second-order valence-corrected chi connectivity index (χ2v) is 7.73. The second-order valence-electron chi connectivity index (χ2n) is 7.29. The van der Waals surface area contributed by atoms with Crippen LogP contribution in [0.2, 0.25) is 5.02 Å². The minimum Gasteiger partial charge on any atom is -0.403 e. The van der Waals surface area contributed by atoms with Crippen molar-refractivity contribution in [1.29, 1.82) is 0 Å². The lowest BCUT2D eigenvalue weighted by Gasteiger charge is -2.25. The number of amides is 1. The maximum absolute atomic E-state index is 12.8. The van der Waals surface area contributed by atoms with Gasteiger partial charge < -0.3 is 19.7 Å². The Bertz CT molecular complexity index is 801. The van der Waals surface area contributed by atoms with Gasteiger partial charge in [0.15, 0.2) is 0 Å².